The number of nitrogens with zero attached hydrogens (tertiary/aromatic N) is 2. The van der Waals surface area contributed by atoms with Gasteiger partial charge in [-0.05, 0) is 103 Å². The lowest BCUT2D eigenvalue weighted by Gasteiger charge is -2.44. The molecular weight excluding hydrogens is 713 g/mol. The summed E-state index contributed by atoms with van der Waals surface area (Å²) < 4.78 is 0. The molecule has 0 saturated carbocycles. The molecule has 2 heteroatoms. The Morgan fingerprint density at radius 1 is 0.390 bits per heavy atom. The minimum Gasteiger partial charge on any atom is -0.308 e. The molecule has 0 unspecified atom stereocenters. The summed E-state index contributed by atoms with van der Waals surface area (Å²) in [4.78, 5) is 5.02. The topological polar surface area (TPSA) is 6.48 Å². The van der Waals surface area contributed by atoms with Crippen molar-refractivity contribution in [2.24, 2.45) is 0 Å². The molecule has 0 N–H and O–H groups in total. The van der Waals surface area contributed by atoms with Crippen LogP contribution in [0.2, 0.25) is 0 Å². The van der Waals surface area contributed by atoms with E-state index >= 15 is 0 Å². The lowest BCUT2D eigenvalue weighted by Crippen LogP contribution is -2.32. The van der Waals surface area contributed by atoms with Crippen LogP contribution in [0.25, 0.3) is 54.6 Å². The van der Waals surface area contributed by atoms with Gasteiger partial charge in [-0.2, -0.15) is 0 Å². The lowest BCUT2D eigenvalue weighted by molar-refractivity contribution is 0.634. The van der Waals surface area contributed by atoms with Crippen LogP contribution in [0.1, 0.15) is 25.0 Å². The van der Waals surface area contributed by atoms with E-state index < -0.39 is 0 Å². The standard InChI is InChI=1S/C57H42N2/c1-57(2)51-27-12-13-28-52(51)59(53-29-15-26-50(55(53)57)49-25-14-22-42-19-8-10-23-47(42)49)56-48-24-11-9-20-43(48)33-37-54(56)58(46-36-32-40-18-6-7-21-44(40)38-46)45-34-30-41(31-35-45)39-16-4-3-5-17-39/h3-38H,1-2H3. The molecule has 0 atom stereocenters. The largest absolute Gasteiger partial charge is 0.308 e. The number of hydrogen-bond donors (Lipinski definition) is 0. The predicted molar refractivity (Wildman–Crippen MR) is 251 cm³/mol. The van der Waals surface area contributed by atoms with Crippen molar-refractivity contribution in [3.05, 3.63) is 230 Å². The molecule has 0 aromatic heterocycles. The van der Waals surface area contributed by atoms with Crippen LogP contribution in [0.4, 0.5) is 34.1 Å². The van der Waals surface area contributed by atoms with Crippen LogP contribution >= 0.6 is 0 Å². The summed E-state index contributed by atoms with van der Waals surface area (Å²) in [5.74, 6) is 0. The first-order chi connectivity index (χ1) is 29.0. The van der Waals surface area contributed by atoms with E-state index in [2.05, 4.69) is 242 Å². The number of anilines is 6. The molecule has 10 aromatic carbocycles. The van der Waals surface area contributed by atoms with Crippen LogP contribution < -0.4 is 9.80 Å². The van der Waals surface area contributed by atoms with Gasteiger partial charge in [-0.15, -0.1) is 0 Å². The lowest BCUT2D eigenvalue weighted by atomic mass is 9.70. The summed E-state index contributed by atoms with van der Waals surface area (Å²) in [6, 6.07) is 80.1. The molecular formula is C57H42N2. The summed E-state index contributed by atoms with van der Waals surface area (Å²) in [7, 11) is 0. The van der Waals surface area contributed by atoms with Crippen LogP contribution in [-0.4, -0.2) is 0 Å². The molecule has 1 aliphatic rings. The van der Waals surface area contributed by atoms with Crippen molar-refractivity contribution in [2.75, 3.05) is 9.80 Å². The van der Waals surface area contributed by atoms with Crippen molar-refractivity contribution in [3.8, 4) is 22.3 Å². The van der Waals surface area contributed by atoms with Gasteiger partial charge in [0.05, 0.1) is 22.7 Å². The van der Waals surface area contributed by atoms with Crippen molar-refractivity contribution >= 4 is 66.4 Å². The van der Waals surface area contributed by atoms with E-state index in [-0.39, 0.29) is 5.41 Å². The summed E-state index contributed by atoms with van der Waals surface area (Å²) in [6.45, 7) is 4.80. The van der Waals surface area contributed by atoms with Gasteiger partial charge in [-0.25, -0.2) is 0 Å². The zero-order valence-electron chi connectivity index (χ0n) is 33.2. The fraction of sp³-hybridized carbons (Fsp3) is 0.0526. The Morgan fingerprint density at radius 3 is 1.76 bits per heavy atom. The molecule has 0 aliphatic carbocycles. The van der Waals surface area contributed by atoms with Gasteiger partial charge in [0, 0.05) is 22.2 Å². The molecule has 0 fully saturated rings. The molecule has 280 valence electrons. The summed E-state index contributed by atoms with van der Waals surface area (Å²) in [5.41, 5.74) is 14.0. The maximum Gasteiger partial charge on any atom is 0.0781 e. The molecule has 0 saturated heterocycles. The Hall–Kier alpha value is -7.42. The van der Waals surface area contributed by atoms with Gasteiger partial charge in [-0.3, -0.25) is 0 Å². The van der Waals surface area contributed by atoms with Crippen molar-refractivity contribution < 1.29 is 0 Å². The molecule has 0 amide bonds. The quantitative estimate of drug-likeness (QED) is 0.167. The van der Waals surface area contributed by atoms with E-state index in [1.807, 2.05) is 0 Å². The van der Waals surface area contributed by atoms with E-state index in [1.54, 1.807) is 0 Å². The van der Waals surface area contributed by atoms with E-state index in [9.17, 15) is 0 Å². The smallest absolute Gasteiger partial charge is 0.0781 e. The third-order valence-corrected chi connectivity index (χ3v) is 12.4. The Balaban J connectivity index is 1.22. The van der Waals surface area contributed by atoms with Gasteiger partial charge in [0.15, 0.2) is 0 Å². The molecule has 0 radical (unpaired) electrons. The Bertz CT molecular complexity index is 3190. The van der Waals surface area contributed by atoms with Crippen LogP contribution in [0.3, 0.4) is 0 Å². The highest BCUT2D eigenvalue weighted by atomic mass is 15.2. The number of rotatable bonds is 6. The monoisotopic (exact) mass is 754 g/mol. The maximum absolute atomic E-state index is 2.56. The molecule has 2 nitrogen and oxygen atoms in total. The van der Waals surface area contributed by atoms with Gasteiger partial charge >= 0.3 is 0 Å². The average molecular weight is 755 g/mol. The van der Waals surface area contributed by atoms with E-state index in [0.29, 0.717) is 0 Å². The number of hydrogen-bond acceptors (Lipinski definition) is 2. The molecule has 1 aliphatic heterocycles. The summed E-state index contributed by atoms with van der Waals surface area (Å²) in [5, 5.41) is 7.31. The molecule has 0 bridgehead atoms. The second-order valence-corrected chi connectivity index (χ2v) is 16.1. The minimum absolute atomic E-state index is 0.300. The highest BCUT2D eigenvalue weighted by Gasteiger charge is 2.40. The number of benzene rings is 10. The molecule has 0 spiro atoms. The predicted octanol–water partition coefficient (Wildman–Crippen LogP) is 16.1. The van der Waals surface area contributed by atoms with E-state index in [4.69, 9.17) is 0 Å². The fourth-order valence-electron chi connectivity index (χ4n) is 9.61. The van der Waals surface area contributed by atoms with Gasteiger partial charge in [0.2, 0.25) is 0 Å². The second kappa shape index (κ2) is 13.9. The first-order valence-electron chi connectivity index (χ1n) is 20.5. The highest BCUT2D eigenvalue weighted by Crippen LogP contribution is 2.58. The average Bonchev–Trinajstić information content (AvgIpc) is 3.29. The van der Waals surface area contributed by atoms with E-state index in [1.165, 1.54) is 77.1 Å². The first kappa shape index (κ1) is 34.8. The molecule has 10 aromatic rings. The third kappa shape index (κ3) is 5.71. The van der Waals surface area contributed by atoms with Crippen LogP contribution in [0.15, 0.2) is 218 Å². The second-order valence-electron chi connectivity index (χ2n) is 16.1. The normalized spacial score (nSPS) is 13.0. The van der Waals surface area contributed by atoms with Gasteiger partial charge in [0.25, 0.3) is 0 Å². The Kier molecular flexibility index (Phi) is 8.20. The number of fused-ring (bicyclic) bond motifs is 5. The maximum atomic E-state index is 2.56. The van der Waals surface area contributed by atoms with Crippen LogP contribution in [0, 0.1) is 0 Å². The van der Waals surface area contributed by atoms with Crippen molar-refractivity contribution in [2.45, 2.75) is 19.3 Å². The zero-order valence-corrected chi connectivity index (χ0v) is 33.2. The van der Waals surface area contributed by atoms with Crippen molar-refractivity contribution in [1.82, 2.24) is 0 Å². The summed E-state index contributed by atoms with van der Waals surface area (Å²) in [6.07, 6.45) is 0. The van der Waals surface area contributed by atoms with Crippen molar-refractivity contribution in [3.63, 3.8) is 0 Å². The van der Waals surface area contributed by atoms with E-state index in [0.717, 1.165) is 22.7 Å². The third-order valence-electron chi connectivity index (χ3n) is 12.4. The van der Waals surface area contributed by atoms with Crippen LogP contribution in [-0.2, 0) is 5.41 Å². The minimum atomic E-state index is -0.300. The fourth-order valence-corrected chi connectivity index (χ4v) is 9.61. The van der Waals surface area contributed by atoms with Gasteiger partial charge in [0.1, 0.15) is 0 Å². The summed E-state index contributed by atoms with van der Waals surface area (Å²) >= 11 is 0. The molecule has 59 heavy (non-hydrogen) atoms. The molecule has 11 rings (SSSR count). The molecule has 1 heterocycles. The first-order valence-corrected chi connectivity index (χ1v) is 20.5. The number of para-hydroxylation sites is 1. The van der Waals surface area contributed by atoms with Crippen LogP contribution in [0.5, 0.6) is 0 Å². The zero-order chi connectivity index (χ0) is 39.5. The highest BCUT2D eigenvalue weighted by molar-refractivity contribution is 6.10. The SMILES string of the molecule is CC1(C)c2ccccc2N(c2c(N(c3ccc(-c4ccccc4)cc3)c3ccc4ccccc4c3)ccc3ccccc23)c2cccc(-c3cccc4ccccc34)c21. The van der Waals surface area contributed by atoms with Gasteiger partial charge < -0.3 is 9.80 Å². The van der Waals surface area contributed by atoms with Crippen molar-refractivity contribution in [1.29, 1.82) is 0 Å². The Labute approximate surface area is 345 Å². The Morgan fingerprint density at radius 2 is 0.949 bits per heavy atom. The van der Waals surface area contributed by atoms with Gasteiger partial charge in [-0.1, -0.05) is 190 Å².